The summed E-state index contributed by atoms with van der Waals surface area (Å²) in [7, 11) is 1.68. The lowest BCUT2D eigenvalue weighted by Gasteiger charge is -2.30. The summed E-state index contributed by atoms with van der Waals surface area (Å²) in [6.45, 7) is 4.10. The number of methoxy groups -OCH3 is 1. The Morgan fingerprint density at radius 2 is 2.06 bits per heavy atom. The lowest BCUT2D eigenvalue weighted by Crippen LogP contribution is -2.43. The summed E-state index contributed by atoms with van der Waals surface area (Å²) in [5.41, 5.74) is 1.22. The van der Waals surface area contributed by atoms with Gasteiger partial charge in [0.25, 0.3) is 0 Å². The number of benzene rings is 1. The third-order valence-electron chi connectivity index (χ3n) is 3.39. The van der Waals surface area contributed by atoms with Gasteiger partial charge in [0, 0.05) is 32.4 Å². The van der Waals surface area contributed by atoms with Gasteiger partial charge in [-0.1, -0.05) is 12.1 Å². The van der Waals surface area contributed by atoms with Crippen LogP contribution in [0.1, 0.15) is 0 Å². The fraction of sp³-hybridized carbons (Fsp3) is 0.357. The molecule has 0 aliphatic carbocycles. The van der Waals surface area contributed by atoms with Crippen LogP contribution in [-0.2, 0) is 0 Å². The van der Waals surface area contributed by atoms with Gasteiger partial charge in [0.1, 0.15) is 0 Å². The van der Waals surface area contributed by atoms with Gasteiger partial charge in [0.05, 0.1) is 18.2 Å². The van der Waals surface area contributed by atoms with Crippen LogP contribution in [0, 0.1) is 0 Å². The minimum absolute atomic E-state index is 0.710. The molecular formula is C14H17N3O. The molecule has 1 aliphatic heterocycles. The molecule has 0 saturated carbocycles. The van der Waals surface area contributed by atoms with Gasteiger partial charge >= 0.3 is 0 Å². The van der Waals surface area contributed by atoms with Crippen LogP contribution in [0.25, 0.3) is 10.8 Å². The second-order valence-corrected chi connectivity index (χ2v) is 4.43. The molecule has 0 unspecified atom stereocenters. The summed E-state index contributed by atoms with van der Waals surface area (Å²) in [5, 5.41) is 5.67. The average Bonchev–Trinajstić information content (AvgIpc) is 2.47. The van der Waals surface area contributed by atoms with Crippen molar-refractivity contribution in [2.24, 2.45) is 0 Å². The molecule has 0 radical (unpaired) electrons. The third kappa shape index (κ3) is 1.88. The highest BCUT2D eigenvalue weighted by atomic mass is 16.5. The van der Waals surface area contributed by atoms with E-state index in [9.17, 15) is 0 Å². The van der Waals surface area contributed by atoms with E-state index in [1.165, 1.54) is 11.1 Å². The maximum Gasteiger partial charge on any atom is 0.223 e. The van der Waals surface area contributed by atoms with Gasteiger partial charge in [0.2, 0.25) is 5.88 Å². The number of nitrogens with one attached hydrogen (secondary N) is 1. The largest absolute Gasteiger partial charge is 0.480 e. The summed E-state index contributed by atoms with van der Waals surface area (Å²) in [6, 6.07) is 8.38. The van der Waals surface area contributed by atoms with Crippen LogP contribution in [0.2, 0.25) is 0 Å². The van der Waals surface area contributed by atoms with Gasteiger partial charge in [-0.25, -0.2) is 4.98 Å². The highest BCUT2D eigenvalue weighted by Gasteiger charge is 2.15. The first kappa shape index (κ1) is 11.3. The number of rotatable bonds is 2. The Labute approximate surface area is 107 Å². The van der Waals surface area contributed by atoms with Crippen LogP contribution in [0.15, 0.2) is 30.5 Å². The van der Waals surface area contributed by atoms with Crippen molar-refractivity contribution in [1.82, 2.24) is 10.3 Å². The number of piperazine rings is 1. The second kappa shape index (κ2) is 4.82. The van der Waals surface area contributed by atoms with Crippen molar-refractivity contribution in [3.05, 3.63) is 30.5 Å². The predicted molar refractivity (Wildman–Crippen MR) is 73.4 cm³/mol. The summed E-state index contributed by atoms with van der Waals surface area (Å²) in [4.78, 5) is 6.71. The summed E-state index contributed by atoms with van der Waals surface area (Å²) in [6.07, 6.45) is 1.79. The van der Waals surface area contributed by atoms with Crippen LogP contribution >= 0.6 is 0 Å². The summed E-state index contributed by atoms with van der Waals surface area (Å²) in [5.74, 6) is 0.710. The number of pyridine rings is 1. The second-order valence-electron chi connectivity index (χ2n) is 4.43. The Hall–Kier alpha value is -1.81. The van der Waals surface area contributed by atoms with Gasteiger partial charge in [-0.05, 0) is 17.5 Å². The van der Waals surface area contributed by atoms with E-state index in [0.29, 0.717) is 5.88 Å². The highest BCUT2D eigenvalue weighted by molar-refractivity contribution is 5.98. The molecule has 0 atom stereocenters. The molecule has 0 spiro atoms. The van der Waals surface area contributed by atoms with Crippen LogP contribution in [-0.4, -0.2) is 38.3 Å². The SMILES string of the molecule is COc1nccc2cccc(N3CCNCC3)c12. The lowest BCUT2D eigenvalue weighted by atomic mass is 10.1. The minimum atomic E-state index is 0.710. The molecule has 1 aromatic carbocycles. The molecular weight excluding hydrogens is 226 g/mol. The number of anilines is 1. The van der Waals surface area contributed by atoms with E-state index in [0.717, 1.165) is 31.6 Å². The Kier molecular flexibility index (Phi) is 3.02. The zero-order valence-corrected chi connectivity index (χ0v) is 10.5. The molecule has 1 saturated heterocycles. The minimum Gasteiger partial charge on any atom is -0.480 e. The van der Waals surface area contributed by atoms with Crippen molar-refractivity contribution >= 4 is 16.5 Å². The van der Waals surface area contributed by atoms with Crippen LogP contribution < -0.4 is 15.0 Å². The molecule has 2 heterocycles. The number of ether oxygens (including phenoxy) is 1. The quantitative estimate of drug-likeness (QED) is 0.870. The van der Waals surface area contributed by atoms with E-state index in [1.807, 2.05) is 6.07 Å². The number of nitrogens with zero attached hydrogens (tertiary/aromatic N) is 2. The zero-order chi connectivity index (χ0) is 12.4. The smallest absolute Gasteiger partial charge is 0.223 e. The van der Waals surface area contributed by atoms with Gasteiger partial charge < -0.3 is 15.0 Å². The van der Waals surface area contributed by atoms with Crippen molar-refractivity contribution in [3.63, 3.8) is 0 Å². The van der Waals surface area contributed by atoms with Crippen molar-refractivity contribution in [1.29, 1.82) is 0 Å². The number of fused-ring (bicyclic) bond motifs is 1. The van der Waals surface area contributed by atoms with E-state index in [2.05, 4.69) is 33.4 Å². The van der Waals surface area contributed by atoms with E-state index < -0.39 is 0 Å². The van der Waals surface area contributed by atoms with Crippen LogP contribution in [0.3, 0.4) is 0 Å². The maximum absolute atomic E-state index is 5.41. The van der Waals surface area contributed by atoms with Crippen LogP contribution in [0.4, 0.5) is 5.69 Å². The molecule has 0 amide bonds. The molecule has 3 rings (SSSR count). The number of aromatic nitrogens is 1. The molecule has 4 heteroatoms. The molecule has 2 aromatic rings. The van der Waals surface area contributed by atoms with E-state index in [-0.39, 0.29) is 0 Å². The van der Waals surface area contributed by atoms with E-state index in [4.69, 9.17) is 4.74 Å². The first-order valence-electron chi connectivity index (χ1n) is 6.27. The lowest BCUT2D eigenvalue weighted by molar-refractivity contribution is 0.403. The fourth-order valence-electron chi connectivity index (χ4n) is 2.50. The van der Waals surface area contributed by atoms with Crippen molar-refractivity contribution in [2.75, 3.05) is 38.2 Å². The van der Waals surface area contributed by atoms with Crippen molar-refractivity contribution in [2.45, 2.75) is 0 Å². The van der Waals surface area contributed by atoms with Gasteiger partial charge in [-0.15, -0.1) is 0 Å². The molecule has 1 N–H and O–H groups in total. The molecule has 4 nitrogen and oxygen atoms in total. The maximum atomic E-state index is 5.41. The van der Waals surface area contributed by atoms with Gasteiger partial charge in [-0.3, -0.25) is 0 Å². The van der Waals surface area contributed by atoms with E-state index >= 15 is 0 Å². The predicted octanol–water partition coefficient (Wildman–Crippen LogP) is 1.65. The summed E-state index contributed by atoms with van der Waals surface area (Å²) < 4.78 is 5.41. The van der Waals surface area contributed by atoms with Gasteiger partial charge in [0.15, 0.2) is 0 Å². The Bertz CT molecular complexity index is 544. The molecule has 1 aromatic heterocycles. The fourth-order valence-corrected chi connectivity index (χ4v) is 2.50. The average molecular weight is 243 g/mol. The molecule has 94 valence electrons. The van der Waals surface area contributed by atoms with Crippen molar-refractivity contribution in [3.8, 4) is 5.88 Å². The first-order valence-corrected chi connectivity index (χ1v) is 6.27. The third-order valence-corrected chi connectivity index (χ3v) is 3.39. The Morgan fingerprint density at radius 1 is 1.22 bits per heavy atom. The van der Waals surface area contributed by atoms with E-state index in [1.54, 1.807) is 13.3 Å². The topological polar surface area (TPSA) is 37.4 Å². The molecule has 1 aliphatic rings. The van der Waals surface area contributed by atoms with Crippen molar-refractivity contribution < 1.29 is 4.74 Å². The molecule has 18 heavy (non-hydrogen) atoms. The number of hydrogen-bond donors (Lipinski definition) is 1. The first-order chi connectivity index (χ1) is 8.90. The normalized spacial score (nSPS) is 15.9. The highest BCUT2D eigenvalue weighted by Crippen LogP contribution is 2.32. The Balaban J connectivity index is 2.15. The Morgan fingerprint density at radius 3 is 2.83 bits per heavy atom. The monoisotopic (exact) mass is 243 g/mol. The summed E-state index contributed by atoms with van der Waals surface area (Å²) >= 11 is 0. The van der Waals surface area contributed by atoms with Crippen LogP contribution in [0.5, 0.6) is 5.88 Å². The number of hydrogen-bond acceptors (Lipinski definition) is 4. The molecule has 1 fully saturated rings. The molecule has 0 bridgehead atoms. The standard InChI is InChI=1S/C14H17N3O/c1-18-14-13-11(5-6-16-14)3-2-4-12(13)17-9-7-15-8-10-17/h2-6,15H,7-10H2,1H3. The van der Waals surface area contributed by atoms with Gasteiger partial charge in [-0.2, -0.15) is 0 Å². The zero-order valence-electron chi connectivity index (χ0n) is 10.5.